The Hall–Kier alpha value is -1.94. The predicted octanol–water partition coefficient (Wildman–Crippen LogP) is 20.5. The van der Waals surface area contributed by atoms with Crippen LogP contribution in [0.1, 0.15) is 369 Å². The largest absolute Gasteiger partial charge is 0.472 e. The smallest absolute Gasteiger partial charge is 0.462 e. The number of hydrogen-bond acceptors (Lipinski definition) is 15. The highest BCUT2D eigenvalue weighted by Gasteiger charge is 2.30. The Kier molecular flexibility index (Phi) is 63.0. The van der Waals surface area contributed by atoms with Gasteiger partial charge in [-0.05, 0) is 31.6 Å². The Labute approximate surface area is 549 Å². The summed E-state index contributed by atoms with van der Waals surface area (Å²) in [6.45, 7) is 7.19. The topological polar surface area (TPSA) is 237 Å². The number of rotatable bonds is 71. The van der Waals surface area contributed by atoms with Crippen molar-refractivity contribution in [3.05, 3.63) is 0 Å². The molecule has 17 nitrogen and oxygen atoms in total. The first-order chi connectivity index (χ1) is 43.5. The van der Waals surface area contributed by atoms with E-state index in [1.54, 1.807) is 0 Å². The molecule has 19 heteroatoms. The summed E-state index contributed by atoms with van der Waals surface area (Å²) in [5.74, 6) is -1.35. The third kappa shape index (κ3) is 64.8. The first-order valence-corrected chi connectivity index (χ1v) is 40.1. The number of carbonyl (C=O) groups excluding carboxylic acids is 4. The van der Waals surface area contributed by atoms with Crippen molar-refractivity contribution in [1.82, 2.24) is 0 Å². The Balaban J connectivity index is 5.15. The predicted molar refractivity (Wildman–Crippen MR) is 363 cm³/mol. The summed E-state index contributed by atoms with van der Waals surface area (Å²) >= 11 is 0. The highest BCUT2D eigenvalue weighted by atomic mass is 31.2. The minimum absolute atomic E-state index is 0.107. The second-order valence-electron chi connectivity index (χ2n) is 26.1. The molecule has 0 radical (unpaired) electrons. The molecule has 0 saturated heterocycles. The molecule has 90 heavy (non-hydrogen) atoms. The summed E-state index contributed by atoms with van der Waals surface area (Å²) in [6.07, 6.45) is 51.6. The third-order valence-corrected chi connectivity index (χ3v) is 18.4. The number of phosphoric acid groups is 2. The van der Waals surface area contributed by atoms with E-state index < -0.39 is 97.5 Å². The Morgan fingerprint density at radius 2 is 0.511 bits per heavy atom. The SMILES string of the molecule is CCCCCCCCCCCCCCCCCCCC(=O)O[C@H](COC(=O)CCCCCCCCCCCCCCC(C)C)COP(=O)(O)OC[C@@H](O)COP(=O)(O)OC[C@@H](COC(=O)CCCCCCC)OC(=O)CCCCCCCCCCCCCCC. The van der Waals surface area contributed by atoms with Gasteiger partial charge in [0, 0.05) is 25.7 Å². The molecule has 3 N–H and O–H groups in total. The summed E-state index contributed by atoms with van der Waals surface area (Å²) in [5, 5.41) is 10.6. The average Bonchev–Trinajstić information content (AvgIpc) is 3.71. The molecule has 0 bridgehead atoms. The highest BCUT2D eigenvalue weighted by molar-refractivity contribution is 7.47. The van der Waals surface area contributed by atoms with Crippen molar-refractivity contribution in [2.75, 3.05) is 39.6 Å². The Morgan fingerprint density at radius 1 is 0.300 bits per heavy atom. The van der Waals surface area contributed by atoms with E-state index in [-0.39, 0.29) is 25.7 Å². The van der Waals surface area contributed by atoms with Crippen LogP contribution in [0.5, 0.6) is 0 Å². The van der Waals surface area contributed by atoms with Gasteiger partial charge in [-0.1, -0.05) is 317 Å². The summed E-state index contributed by atoms with van der Waals surface area (Å²) in [4.78, 5) is 72.3. The van der Waals surface area contributed by atoms with Gasteiger partial charge < -0.3 is 33.8 Å². The lowest BCUT2D eigenvalue weighted by atomic mass is 10.0. The normalized spacial score (nSPS) is 14.1. The maximum atomic E-state index is 13.0. The maximum Gasteiger partial charge on any atom is 0.472 e. The minimum Gasteiger partial charge on any atom is -0.462 e. The first kappa shape index (κ1) is 88.1. The maximum absolute atomic E-state index is 13.0. The van der Waals surface area contributed by atoms with Crippen molar-refractivity contribution in [2.45, 2.75) is 387 Å². The van der Waals surface area contributed by atoms with Gasteiger partial charge in [0.15, 0.2) is 12.2 Å². The molecule has 0 aliphatic carbocycles. The number of phosphoric ester groups is 2. The summed E-state index contributed by atoms with van der Waals surface area (Å²) in [6, 6.07) is 0. The van der Waals surface area contributed by atoms with Crippen molar-refractivity contribution < 1.29 is 80.2 Å². The van der Waals surface area contributed by atoms with E-state index in [2.05, 4.69) is 34.6 Å². The Bertz CT molecular complexity index is 1740. The van der Waals surface area contributed by atoms with E-state index in [1.165, 1.54) is 186 Å². The molecule has 0 rings (SSSR count). The summed E-state index contributed by atoms with van der Waals surface area (Å²) in [7, 11) is -9.89. The van der Waals surface area contributed by atoms with Crippen molar-refractivity contribution in [3.8, 4) is 0 Å². The molecule has 0 saturated carbocycles. The van der Waals surface area contributed by atoms with Crippen LogP contribution in [0.2, 0.25) is 0 Å². The van der Waals surface area contributed by atoms with E-state index >= 15 is 0 Å². The quantitative estimate of drug-likeness (QED) is 0.0222. The number of unbranched alkanes of at least 4 members (excludes halogenated alkanes) is 43. The molecule has 5 atom stereocenters. The van der Waals surface area contributed by atoms with Crippen LogP contribution in [0, 0.1) is 5.92 Å². The molecule has 0 aliphatic rings. The van der Waals surface area contributed by atoms with Gasteiger partial charge in [-0.25, -0.2) is 9.13 Å². The molecule has 534 valence electrons. The summed E-state index contributed by atoms with van der Waals surface area (Å²) < 4.78 is 68.1. The van der Waals surface area contributed by atoms with Crippen molar-refractivity contribution >= 4 is 39.5 Å². The molecule has 0 aromatic heterocycles. The van der Waals surface area contributed by atoms with Crippen LogP contribution in [0.15, 0.2) is 0 Å². The zero-order chi connectivity index (χ0) is 66.3. The van der Waals surface area contributed by atoms with Crippen LogP contribution in [0.25, 0.3) is 0 Å². The van der Waals surface area contributed by atoms with Crippen LogP contribution in [-0.2, 0) is 65.4 Å². The number of ether oxygens (including phenoxy) is 4. The van der Waals surface area contributed by atoms with Gasteiger partial charge >= 0.3 is 39.5 Å². The molecule has 0 aliphatic heterocycles. The second-order valence-corrected chi connectivity index (χ2v) is 29.0. The van der Waals surface area contributed by atoms with Gasteiger partial charge in [0.2, 0.25) is 0 Å². The first-order valence-electron chi connectivity index (χ1n) is 37.1. The average molecular weight is 1330 g/mol. The van der Waals surface area contributed by atoms with E-state index in [9.17, 15) is 43.2 Å². The molecule has 0 fully saturated rings. The molecule has 0 heterocycles. The van der Waals surface area contributed by atoms with E-state index in [0.717, 1.165) is 102 Å². The number of hydrogen-bond donors (Lipinski definition) is 3. The zero-order valence-corrected chi connectivity index (χ0v) is 60.1. The van der Waals surface area contributed by atoms with E-state index in [1.807, 2.05) is 0 Å². The molecule has 0 amide bonds. The monoisotopic (exact) mass is 1320 g/mol. The van der Waals surface area contributed by atoms with Gasteiger partial charge in [-0.15, -0.1) is 0 Å². The lowest BCUT2D eigenvalue weighted by Gasteiger charge is -2.21. The van der Waals surface area contributed by atoms with Crippen molar-refractivity contribution in [1.29, 1.82) is 0 Å². The number of esters is 4. The standard InChI is InChI=1S/C71H138O17P2/c1-6-9-12-15-17-19-21-23-24-25-26-28-34-38-42-47-52-57-71(76)88-67(61-82-69(74)55-50-45-40-36-32-30-29-31-35-39-44-48-53-64(4)5)63-86-90(79,80)84-59-65(72)58-83-89(77,78)85-62-66(60-81-68(73)54-49-43-14-11-8-3)87-70(75)56-51-46-41-37-33-27-22-20-18-16-13-10-7-2/h64-67,72H,6-63H2,1-5H3,(H,77,78)(H,79,80)/t65-,66+,67+/m0/s1. The number of carbonyl (C=O) groups is 4. The highest BCUT2D eigenvalue weighted by Crippen LogP contribution is 2.45. The fourth-order valence-corrected chi connectivity index (χ4v) is 12.4. The van der Waals surface area contributed by atoms with Gasteiger partial charge in [0.05, 0.1) is 26.4 Å². The fraction of sp³-hybridized carbons (Fsp3) is 0.944. The third-order valence-electron chi connectivity index (χ3n) is 16.5. The van der Waals surface area contributed by atoms with Gasteiger partial charge in [-0.2, -0.15) is 0 Å². The molecule has 0 aromatic carbocycles. The molecular weight excluding hydrogens is 1190 g/mol. The van der Waals surface area contributed by atoms with Gasteiger partial charge in [0.25, 0.3) is 0 Å². The molecule has 0 spiro atoms. The van der Waals surface area contributed by atoms with Crippen LogP contribution >= 0.6 is 15.6 Å². The lowest BCUT2D eigenvalue weighted by molar-refractivity contribution is -0.161. The van der Waals surface area contributed by atoms with E-state index in [0.29, 0.717) is 25.7 Å². The molecular formula is C71H138O17P2. The number of aliphatic hydroxyl groups is 1. The van der Waals surface area contributed by atoms with Crippen LogP contribution in [0.3, 0.4) is 0 Å². The van der Waals surface area contributed by atoms with Crippen LogP contribution < -0.4 is 0 Å². The van der Waals surface area contributed by atoms with Gasteiger partial charge in [0.1, 0.15) is 19.3 Å². The van der Waals surface area contributed by atoms with E-state index in [4.69, 9.17) is 37.0 Å². The van der Waals surface area contributed by atoms with Crippen LogP contribution in [0.4, 0.5) is 0 Å². The summed E-state index contributed by atoms with van der Waals surface area (Å²) in [5.41, 5.74) is 0. The Morgan fingerprint density at radius 3 is 0.756 bits per heavy atom. The van der Waals surface area contributed by atoms with Crippen molar-refractivity contribution in [3.63, 3.8) is 0 Å². The lowest BCUT2D eigenvalue weighted by Crippen LogP contribution is -2.30. The minimum atomic E-state index is -4.95. The zero-order valence-electron chi connectivity index (χ0n) is 58.3. The number of aliphatic hydroxyl groups excluding tert-OH is 1. The fourth-order valence-electron chi connectivity index (χ4n) is 10.8. The second kappa shape index (κ2) is 64.4. The molecule has 0 aromatic rings. The molecule has 2 unspecified atom stereocenters. The van der Waals surface area contributed by atoms with Crippen molar-refractivity contribution in [2.24, 2.45) is 5.92 Å². The van der Waals surface area contributed by atoms with Crippen LogP contribution in [-0.4, -0.2) is 96.7 Å². The van der Waals surface area contributed by atoms with Gasteiger partial charge in [-0.3, -0.25) is 37.3 Å².